The molecular weight excluding hydrogens is 352 g/mol. The number of rotatable bonds is 6. The number of hydrogen-bond acceptors (Lipinski definition) is 3. The van der Waals surface area contributed by atoms with Crippen LogP contribution in [0.3, 0.4) is 0 Å². The molecule has 2 aromatic heterocycles. The van der Waals surface area contributed by atoms with Crippen molar-refractivity contribution in [3.05, 3.63) is 84.1 Å². The minimum atomic E-state index is -0.368. The number of ether oxygens (including phenoxy) is 1. The maximum Gasteiger partial charge on any atom is 0.225 e. The summed E-state index contributed by atoms with van der Waals surface area (Å²) in [5.41, 5.74) is 2.91. The van der Waals surface area contributed by atoms with Crippen molar-refractivity contribution in [2.45, 2.75) is 12.5 Å². The van der Waals surface area contributed by atoms with Crippen LogP contribution >= 0.6 is 0 Å². The summed E-state index contributed by atoms with van der Waals surface area (Å²) >= 11 is 0. The van der Waals surface area contributed by atoms with E-state index in [0.717, 1.165) is 33.6 Å². The number of carbonyl (C=O) groups excluding carboxylic acids is 1. The van der Waals surface area contributed by atoms with Gasteiger partial charge < -0.3 is 19.6 Å². The number of hydrogen-bond donors (Lipinski definition) is 2. The lowest BCUT2D eigenvalue weighted by Crippen LogP contribution is -2.32. The summed E-state index contributed by atoms with van der Waals surface area (Å²) in [7, 11) is 3.55. The highest BCUT2D eigenvalue weighted by atomic mass is 16.5. The van der Waals surface area contributed by atoms with E-state index in [1.54, 1.807) is 13.3 Å². The zero-order valence-electron chi connectivity index (χ0n) is 15.8. The van der Waals surface area contributed by atoms with Crippen LogP contribution < -0.4 is 10.1 Å². The number of methoxy groups -OCH3 is 1. The van der Waals surface area contributed by atoms with E-state index in [9.17, 15) is 4.79 Å². The molecule has 142 valence electrons. The number of nitrogens with zero attached hydrogens (tertiary/aromatic N) is 2. The molecule has 28 heavy (non-hydrogen) atoms. The van der Waals surface area contributed by atoms with Crippen LogP contribution in [0, 0.1) is 0 Å². The van der Waals surface area contributed by atoms with Gasteiger partial charge in [-0.2, -0.15) is 0 Å². The summed E-state index contributed by atoms with van der Waals surface area (Å²) in [5, 5.41) is 4.20. The Hall–Kier alpha value is -3.54. The highest BCUT2D eigenvalue weighted by molar-refractivity contribution is 5.89. The third kappa shape index (κ3) is 3.49. The maximum atomic E-state index is 12.9. The van der Waals surface area contributed by atoms with E-state index < -0.39 is 0 Å². The van der Waals surface area contributed by atoms with Gasteiger partial charge in [0, 0.05) is 36.5 Å². The summed E-state index contributed by atoms with van der Waals surface area (Å²) < 4.78 is 7.26. The van der Waals surface area contributed by atoms with Gasteiger partial charge in [0.25, 0.3) is 0 Å². The molecule has 0 aliphatic carbocycles. The zero-order valence-corrected chi connectivity index (χ0v) is 15.8. The monoisotopic (exact) mass is 374 g/mol. The summed E-state index contributed by atoms with van der Waals surface area (Å²) in [4.78, 5) is 20.6. The summed E-state index contributed by atoms with van der Waals surface area (Å²) in [6.07, 6.45) is 5.78. The fraction of sp³-hybridized carbons (Fsp3) is 0.182. The fourth-order valence-electron chi connectivity index (χ4n) is 3.44. The molecule has 2 N–H and O–H groups in total. The van der Waals surface area contributed by atoms with Crippen molar-refractivity contribution in [1.82, 2.24) is 19.9 Å². The van der Waals surface area contributed by atoms with Gasteiger partial charge in [0.05, 0.1) is 13.5 Å². The smallest absolute Gasteiger partial charge is 0.225 e. The number of aryl methyl sites for hydroxylation is 1. The first-order chi connectivity index (χ1) is 13.7. The maximum absolute atomic E-state index is 12.9. The minimum Gasteiger partial charge on any atom is -0.497 e. The first kappa shape index (κ1) is 17.9. The molecule has 4 rings (SSSR count). The second-order valence-corrected chi connectivity index (χ2v) is 6.71. The predicted octanol–water partition coefficient (Wildman–Crippen LogP) is 3.36. The van der Waals surface area contributed by atoms with Crippen LogP contribution in [0.5, 0.6) is 5.75 Å². The number of carbonyl (C=O) groups is 1. The third-order valence-electron chi connectivity index (χ3n) is 4.88. The molecule has 2 aromatic carbocycles. The molecule has 0 saturated carbocycles. The largest absolute Gasteiger partial charge is 0.497 e. The zero-order chi connectivity index (χ0) is 19.5. The number of benzene rings is 2. The first-order valence-corrected chi connectivity index (χ1v) is 9.11. The lowest BCUT2D eigenvalue weighted by atomic mass is 10.0. The molecule has 0 spiro atoms. The highest BCUT2D eigenvalue weighted by Gasteiger charge is 2.22. The van der Waals surface area contributed by atoms with Gasteiger partial charge in [-0.15, -0.1) is 0 Å². The van der Waals surface area contributed by atoms with E-state index in [1.165, 1.54) is 0 Å². The second-order valence-electron chi connectivity index (χ2n) is 6.71. The summed E-state index contributed by atoms with van der Waals surface area (Å²) in [5.74, 6) is 1.43. The van der Waals surface area contributed by atoms with Crippen molar-refractivity contribution in [1.29, 1.82) is 0 Å². The number of aromatic nitrogens is 3. The number of fused-ring (bicyclic) bond motifs is 1. The van der Waals surface area contributed by atoms with Crippen molar-refractivity contribution in [2.75, 3.05) is 7.11 Å². The van der Waals surface area contributed by atoms with Crippen molar-refractivity contribution in [3.63, 3.8) is 0 Å². The van der Waals surface area contributed by atoms with E-state index in [1.807, 2.05) is 72.5 Å². The lowest BCUT2D eigenvalue weighted by molar-refractivity contribution is -0.121. The molecule has 4 aromatic rings. The molecule has 1 unspecified atom stereocenters. The SMILES string of the molecule is COc1cccc(C(NC(=O)Cc2c[nH]c3ccccc23)c2nccn2C)c1. The topological polar surface area (TPSA) is 71.9 Å². The molecule has 0 radical (unpaired) electrons. The Morgan fingerprint density at radius 3 is 2.89 bits per heavy atom. The molecule has 0 aliphatic heterocycles. The normalized spacial score (nSPS) is 12.1. The van der Waals surface area contributed by atoms with Crippen LogP contribution in [0.1, 0.15) is 23.0 Å². The van der Waals surface area contributed by atoms with E-state index in [2.05, 4.69) is 15.3 Å². The van der Waals surface area contributed by atoms with Crippen LogP contribution in [0.4, 0.5) is 0 Å². The van der Waals surface area contributed by atoms with Crippen LogP contribution in [0.15, 0.2) is 67.1 Å². The first-order valence-electron chi connectivity index (χ1n) is 9.11. The van der Waals surface area contributed by atoms with Crippen LogP contribution in [-0.2, 0) is 18.3 Å². The summed E-state index contributed by atoms with van der Waals surface area (Å²) in [6, 6.07) is 15.3. The van der Waals surface area contributed by atoms with Gasteiger partial charge in [0.1, 0.15) is 17.6 Å². The molecule has 0 bridgehead atoms. The standard InChI is InChI=1S/C22H22N4O2/c1-26-11-10-23-22(26)21(15-6-5-7-17(12-15)28-2)25-20(27)13-16-14-24-19-9-4-3-8-18(16)19/h3-12,14,21,24H,13H2,1-2H3,(H,25,27). The number of amides is 1. The molecule has 6 nitrogen and oxygen atoms in total. The van der Waals surface area contributed by atoms with Crippen molar-refractivity contribution in [2.24, 2.45) is 7.05 Å². The molecule has 6 heteroatoms. The average molecular weight is 374 g/mol. The second kappa shape index (κ2) is 7.60. The van der Waals surface area contributed by atoms with Crippen LogP contribution in [0.2, 0.25) is 0 Å². The highest BCUT2D eigenvalue weighted by Crippen LogP contribution is 2.25. The van der Waals surface area contributed by atoms with Gasteiger partial charge in [0.15, 0.2) is 0 Å². The number of imidazole rings is 1. The molecule has 0 aliphatic rings. The Bertz CT molecular complexity index is 1110. The Morgan fingerprint density at radius 2 is 2.11 bits per heavy atom. The van der Waals surface area contributed by atoms with E-state index >= 15 is 0 Å². The van der Waals surface area contributed by atoms with Crippen molar-refractivity contribution < 1.29 is 9.53 Å². The van der Waals surface area contributed by atoms with E-state index in [4.69, 9.17) is 4.74 Å². The van der Waals surface area contributed by atoms with Gasteiger partial charge in [-0.3, -0.25) is 4.79 Å². The van der Waals surface area contributed by atoms with Gasteiger partial charge in [-0.25, -0.2) is 4.98 Å². The molecule has 1 atom stereocenters. The molecular formula is C22H22N4O2. The van der Waals surface area contributed by atoms with Crippen LogP contribution in [-0.4, -0.2) is 27.6 Å². The van der Waals surface area contributed by atoms with Crippen LogP contribution in [0.25, 0.3) is 10.9 Å². The third-order valence-corrected chi connectivity index (χ3v) is 4.88. The number of para-hydroxylation sites is 1. The van der Waals surface area contributed by atoms with Crippen molar-refractivity contribution >= 4 is 16.8 Å². The lowest BCUT2D eigenvalue weighted by Gasteiger charge is -2.19. The van der Waals surface area contributed by atoms with E-state index in [-0.39, 0.29) is 18.4 Å². The Balaban J connectivity index is 1.62. The minimum absolute atomic E-state index is 0.0689. The molecule has 0 fully saturated rings. The number of nitrogens with one attached hydrogen (secondary N) is 2. The van der Waals surface area contributed by atoms with Gasteiger partial charge >= 0.3 is 0 Å². The van der Waals surface area contributed by atoms with E-state index in [0.29, 0.717) is 0 Å². The quantitative estimate of drug-likeness (QED) is 0.544. The Kier molecular flexibility index (Phi) is 4.85. The van der Waals surface area contributed by atoms with Crippen molar-refractivity contribution in [3.8, 4) is 5.75 Å². The Morgan fingerprint density at radius 1 is 1.25 bits per heavy atom. The molecule has 2 heterocycles. The van der Waals surface area contributed by atoms with Gasteiger partial charge in [-0.1, -0.05) is 30.3 Å². The molecule has 1 amide bonds. The average Bonchev–Trinajstić information content (AvgIpc) is 3.32. The number of H-pyrrole nitrogens is 1. The van der Waals surface area contributed by atoms with Gasteiger partial charge in [0.2, 0.25) is 5.91 Å². The fourth-order valence-corrected chi connectivity index (χ4v) is 3.44. The predicted molar refractivity (Wildman–Crippen MR) is 108 cm³/mol. The number of aromatic amines is 1. The summed E-state index contributed by atoms with van der Waals surface area (Å²) in [6.45, 7) is 0. The van der Waals surface area contributed by atoms with Gasteiger partial charge in [-0.05, 0) is 29.3 Å². The molecule has 0 saturated heterocycles. The Labute approximate surface area is 163 Å².